The number of nitrogens with zero attached hydrogens (tertiary/aromatic N) is 1. The van der Waals surface area contributed by atoms with Gasteiger partial charge >= 0.3 is 5.97 Å². The van der Waals surface area contributed by atoms with Crippen molar-refractivity contribution in [2.45, 2.75) is 13.2 Å². The molecule has 108 valence electrons. The molecular formula is C16H16N2O3. The van der Waals surface area contributed by atoms with Gasteiger partial charge in [-0.25, -0.2) is 4.79 Å². The molecule has 2 N–H and O–H groups in total. The van der Waals surface area contributed by atoms with Crippen molar-refractivity contribution in [1.29, 1.82) is 0 Å². The second kappa shape index (κ2) is 7.09. The molecule has 1 aromatic heterocycles. The van der Waals surface area contributed by atoms with E-state index in [1.807, 2.05) is 12.1 Å². The maximum Gasteiger partial charge on any atom is 0.335 e. The predicted octanol–water partition coefficient (Wildman–Crippen LogP) is 2.56. The van der Waals surface area contributed by atoms with Gasteiger partial charge in [0.15, 0.2) is 5.88 Å². The van der Waals surface area contributed by atoms with Gasteiger partial charge in [0, 0.05) is 24.5 Å². The normalized spacial score (nSPS) is 9.90. The van der Waals surface area contributed by atoms with Crippen LogP contribution >= 0.6 is 0 Å². The largest absolute Gasteiger partial charge is 0.478 e. The summed E-state index contributed by atoms with van der Waals surface area (Å²) in [6, 6.07) is 10.4. The number of carboxylic acid groups (broad SMARTS) is 1. The summed E-state index contributed by atoms with van der Waals surface area (Å²) in [4.78, 5) is 14.7. The highest BCUT2D eigenvalue weighted by molar-refractivity contribution is 5.87. The van der Waals surface area contributed by atoms with E-state index in [1.165, 1.54) is 0 Å². The highest BCUT2D eigenvalue weighted by atomic mass is 16.5. The number of nitrogens with one attached hydrogen (secondary N) is 1. The van der Waals surface area contributed by atoms with E-state index in [-0.39, 0.29) is 5.56 Å². The van der Waals surface area contributed by atoms with Crippen LogP contribution in [0.1, 0.15) is 21.5 Å². The van der Waals surface area contributed by atoms with Crippen LogP contribution in [0, 0.1) is 0 Å². The molecule has 0 saturated carbocycles. The fourth-order valence-corrected chi connectivity index (χ4v) is 1.67. The fourth-order valence-electron chi connectivity index (χ4n) is 1.67. The fraction of sp³-hybridized carbons (Fsp3) is 0.125. The third-order valence-corrected chi connectivity index (χ3v) is 2.83. The Bertz CT molecular complexity index is 609. The molecule has 0 bridgehead atoms. The number of aromatic carboxylic acids is 1. The van der Waals surface area contributed by atoms with Crippen molar-refractivity contribution in [3.05, 3.63) is 77.9 Å². The van der Waals surface area contributed by atoms with Gasteiger partial charge in [0.05, 0.1) is 5.56 Å². The third kappa shape index (κ3) is 4.65. The number of hydrogen-bond donors (Lipinski definition) is 2. The summed E-state index contributed by atoms with van der Waals surface area (Å²) in [6.45, 7) is 4.70. The zero-order chi connectivity index (χ0) is 15.1. The summed E-state index contributed by atoms with van der Waals surface area (Å²) in [5, 5.41) is 11.9. The van der Waals surface area contributed by atoms with E-state index < -0.39 is 5.97 Å². The number of benzene rings is 1. The number of pyridine rings is 1. The van der Waals surface area contributed by atoms with Crippen molar-refractivity contribution in [3.63, 3.8) is 0 Å². The Kier molecular flexibility index (Phi) is 4.93. The first-order valence-electron chi connectivity index (χ1n) is 6.42. The van der Waals surface area contributed by atoms with Gasteiger partial charge in [0.25, 0.3) is 0 Å². The van der Waals surface area contributed by atoms with Crippen LogP contribution in [-0.4, -0.2) is 16.1 Å². The van der Waals surface area contributed by atoms with E-state index in [1.54, 1.807) is 36.7 Å². The molecule has 5 nitrogen and oxygen atoms in total. The molecule has 21 heavy (non-hydrogen) atoms. The van der Waals surface area contributed by atoms with Crippen LogP contribution in [0.25, 0.3) is 0 Å². The minimum atomic E-state index is -0.932. The number of aromatic nitrogens is 1. The molecule has 1 heterocycles. The molecule has 0 spiro atoms. The lowest BCUT2D eigenvalue weighted by molar-refractivity contribution is 0.0697. The van der Waals surface area contributed by atoms with Crippen LogP contribution in [0.4, 0.5) is 0 Å². The van der Waals surface area contributed by atoms with Gasteiger partial charge in [0.1, 0.15) is 6.61 Å². The lowest BCUT2D eigenvalue weighted by atomic mass is 10.1. The predicted molar refractivity (Wildman–Crippen MR) is 78.4 cm³/mol. The monoisotopic (exact) mass is 284 g/mol. The Balaban J connectivity index is 1.77. The Morgan fingerprint density at radius 3 is 2.62 bits per heavy atom. The van der Waals surface area contributed by atoms with Gasteiger partial charge in [-0.1, -0.05) is 18.2 Å². The van der Waals surface area contributed by atoms with E-state index >= 15 is 0 Å². The zero-order valence-electron chi connectivity index (χ0n) is 11.5. The van der Waals surface area contributed by atoms with E-state index in [0.717, 1.165) is 11.1 Å². The van der Waals surface area contributed by atoms with E-state index in [4.69, 9.17) is 9.84 Å². The summed E-state index contributed by atoms with van der Waals surface area (Å²) in [7, 11) is 0. The van der Waals surface area contributed by atoms with Crippen molar-refractivity contribution in [2.24, 2.45) is 0 Å². The van der Waals surface area contributed by atoms with Gasteiger partial charge in [-0.15, -0.1) is 0 Å². The highest BCUT2D eigenvalue weighted by Gasteiger charge is 2.02. The Morgan fingerprint density at radius 1 is 1.24 bits per heavy atom. The second-order valence-corrected chi connectivity index (χ2v) is 4.43. The van der Waals surface area contributed by atoms with Crippen molar-refractivity contribution >= 4 is 5.97 Å². The summed E-state index contributed by atoms with van der Waals surface area (Å²) < 4.78 is 5.47. The Labute approximate surface area is 122 Å². The molecule has 0 aliphatic heterocycles. The van der Waals surface area contributed by atoms with Crippen LogP contribution in [0.5, 0.6) is 0 Å². The smallest absolute Gasteiger partial charge is 0.335 e. The van der Waals surface area contributed by atoms with Crippen LogP contribution < -0.4 is 5.32 Å². The van der Waals surface area contributed by atoms with Crippen molar-refractivity contribution in [2.75, 3.05) is 0 Å². The zero-order valence-corrected chi connectivity index (χ0v) is 11.5. The third-order valence-electron chi connectivity index (χ3n) is 2.83. The van der Waals surface area contributed by atoms with Gasteiger partial charge in [-0.3, -0.25) is 4.98 Å². The van der Waals surface area contributed by atoms with Gasteiger partial charge in [0.2, 0.25) is 0 Å². The highest BCUT2D eigenvalue weighted by Crippen LogP contribution is 2.06. The van der Waals surface area contributed by atoms with Gasteiger partial charge in [-0.2, -0.15) is 0 Å². The van der Waals surface area contributed by atoms with Crippen LogP contribution in [-0.2, 0) is 17.9 Å². The van der Waals surface area contributed by atoms with E-state index in [2.05, 4.69) is 16.9 Å². The minimum absolute atomic E-state index is 0.269. The number of carbonyl (C=O) groups is 1. The van der Waals surface area contributed by atoms with Crippen molar-refractivity contribution < 1.29 is 14.6 Å². The maximum absolute atomic E-state index is 10.7. The first kappa shape index (κ1) is 14.6. The molecule has 0 radical (unpaired) electrons. The molecule has 0 aliphatic carbocycles. The minimum Gasteiger partial charge on any atom is -0.478 e. The quantitative estimate of drug-likeness (QED) is 0.765. The van der Waals surface area contributed by atoms with Crippen molar-refractivity contribution in [1.82, 2.24) is 10.3 Å². The average molecular weight is 284 g/mol. The van der Waals surface area contributed by atoms with Crippen LogP contribution in [0.2, 0.25) is 0 Å². The lowest BCUT2D eigenvalue weighted by Gasteiger charge is -2.11. The van der Waals surface area contributed by atoms with Gasteiger partial charge < -0.3 is 15.2 Å². The SMILES string of the molecule is C=C(NCc1ccc(C(=O)O)cc1)OCc1cccnc1. The molecule has 5 heteroatoms. The topological polar surface area (TPSA) is 71.5 Å². The lowest BCUT2D eigenvalue weighted by Crippen LogP contribution is -2.14. The number of hydrogen-bond acceptors (Lipinski definition) is 4. The first-order valence-corrected chi connectivity index (χ1v) is 6.42. The standard InChI is InChI=1S/C16H16N2O3/c1-12(21-11-14-3-2-8-17-9-14)18-10-13-4-6-15(7-5-13)16(19)20/h2-9,18H,1,10-11H2,(H,19,20). The molecule has 0 fully saturated rings. The van der Waals surface area contributed by atoms with E-state index in [0.29, 0.717) is 19.0 Å². The summed E-state index contributed by atoms with van der Waals surface area (Å²) in [6.07, 6.45) is 3.44. The van der Waals surface area contributed by atoms with Gasteiger partial charge in [-0.05, 0) is 30.3 Å². The van der Waals surface area contributed by atoms with Crippen LogP contribution in [0.15, 0.2) is 61.3 Å². The number of carboxylic acids is 1. The Hall–Kier alpha value is -2.82. The molecule has 0 aliphatic rings. The molecule has 0 amide bonds. The van der Waals surface area contributed by atoms with E-state index in [9.17, 15) is 4.79 Å². The molecular weight excluding hydrogens is 268 g/mol. The summed E-state index contributed by atoms with van der Waals surface area (Å²) in [5.74, 6) is -0.472. The molecule has 0 saturated heterocycles. The summed E-state index contributed by atoms with van der Waals surface area (Å²) in [5.41, 5.74) is 2.18. The molecule has 0 atom stereocenters. The second-order valence-electron chi connectivity index (χ2n) is 4.43. The van der Waals surface area contributed by atoms with Crippen LogP contribution in [0.3, 0.4) is 0 Å². The summed E-state index contributed by atoms with van der Waals surface area (Å²) >= 11 is 0. The molecule has 2 aromatic rings. The molecule has 0 unspecified atom stereocenters. The maximum atomic E-state index is 10.7. The average Bonchev–Trinajstić information content (AvgIpc) is 2.52. The number of ether oxygens (including phenoxy) is 1. The van der Waals surface area contributed by atoms with Crippen molar-refractivity contribution in [3.8, 4) is 0 Å². The molecule has 2 rings (SSSR count). The first-order chi connectivity index (χ1) is 10.1. The Morgan fingerprint density at radius 2 is 2.00 bits per heavy atom. The molecule has 1 aromatic carbocycles. The number of rotatable bonds is 7.